The maximum Gasteiger partial charge on any atom is 0.252 e. The van der Waals surface area contributed by atoms with Crippen molar-refractivity contribution in [2.24, 2.45) is 0 Å². The molecule has 1 aromatic heterocycles. The van der Waals surface area contributed by atoms with Gasteiger partial charge in [0.25, 0.3) is 5.56 Å². The zero-order chi connectivity index (χ0) is 12.9. The van der Waals surface area contributed by atoms with Gasteiger partial charge in [-0.05, 0) is 17.7 Å². The standard InChI is InChI=1S/C12H21NO3Si/c1-17(2,3)7-6-16-10-13-8-11(9-14)4-5-12(13)15/h4-5,8,14H,6-7,9-10H2,1-3H3. The maximum atomic E-state index is 11.5. The average Bonchev–Trinajstić information content (AvgIpc) is 2.25. The molecule has 17 heavy (non-hydrogen) atoms. The van der Waals surface area contributed by atoms with Gasteiger partial charge in [-0.15, -0.1) is 0 Å². The van der Waals surface area contributed by atoms with E-state index >= 15 is 0 Å². The number of aromatic nitrogens is 1. The topological polar surface area (TPSA) is 51.5 Å². The van der Waals surface area contributed by atoms with Crippen LogP contribution in [0.1, 0.15) is 5.56 Å². The third-order valence-corrected chi connectivity index (χ3v) is 4.16. The minimum atomic E-state index is -1.08. The number of hydrogen-bond donors (Lipinski definition) is 1. The number of ether oxygens (including phenoxy) is 1. The van der Waals surface area contributed by atoms with E-state index in [2.05, 4.69) is 19.6 Å². The molecule has 5 heteroatoms. The SMILES string of the molecule is C[Si](C)(C)CCOCn1cc(CO)ccc1=O. The van der Waals surface area contributed by atoms with E-state index in [9.17, 15) is 4.79 Å². The molecule has 1 rings (SSSR count). The summed E-state index contributed by atoms with van der Waals surface area (Å²) >= 11 is 0. The summed E-state index contributed by atoms with van der Waals surface area (Å²) in [6.07, 6.45) is 1.64. The molecule has 0 fully saturated rings. The zero-order valence-electron chi connectivity index (χ0n) is 10.8. The summed E-state index contributed by atoms with van der Waals surface area (Å²) in [5, 5.41) is 8.98. The van der Waals surface area contributed by atoms with Crippen LogP contribution in [-0.4, -0.2) is 24.4 Å². The minimum Gasteiger partial charge on any atom is -0.392 e. The fraction of sp³-hybridized carbons (Fsp3) is 0.583. The lowest BCUT2D eigenvalue weighted by molar-refractivity contribution is 0.0843. The Labute approximate surface area is 103 Å². The molecule has 0 atom stereocenters. The predicted molar refractivity (Wildman–Crippen MR) is 70.7 cm³/mol. The molecule has 0 radical (unpaired) electrons. The van der Waals surface area contributed by atoms with Gasteiger partial charge >= 0.3 is 0 Å². The first-order chi connectivity index (χ1) is 7.92. The van der Waals surface area contributed by atoms with Crippen molar-refractivity contribution in [1.29, 1.82) is 0 Å². The quantitative estimate of drug-likeness (QED) is 0.621. The van der Waals surface area contributed by atoms with Crippen LogP contribution in [0.2, 0.25) is 25.7 Å². The van der Waals surface area contributed by atoms with Crippen LogP contribution in [0.5, 0.6) is 0 Å². The Morgan fingerprint density at radius 3 is 2.65 bits per heavy atom. The third kappa shape index (κ3) is 5.30. The Kier molecular flexibility index (Phi) is 5.11. The summed E-state index contributed by atoms with van der Waals surface area (Å²) in [5.74, 6) is 0. The maximum absolute atomic E-state index is 11.5. The highest BCUT2D eigenvalue weighted by atomic mass is 28.3. The van der Waals surface area contributed by atoms with Gasteiger partial charge in [-0.25, -0.2) is 0 Å². The van der Waals surface area contributed by atoms with E-state index in [1.165, 1.54) is 10.6 Å². The Balaban J connectivity index is 2.49. The lowest BCUT2D eigenvalue weighted by Crippen LogP contribution is -2.24. The highest BCUT2D eigenvalue weighted by Crippen LogP contribution is 2.07. The number of aliphatic hydroxyl groups is 1. The van der Waals surface area contributed by atoms with Gasteiger partial charge in [0.05, 0.1) is 6.61 Å². The first kappa shape index (κ1) is 14.1. The molecule has 0 aliphatic heterocycles. The fourth-order valence-electron chi connectivity index (χ4n) is 1.32. The molecule has 0 saturated carbocycles. The monoisotopic (exact) mass is 255 g/mol. The van der Waals surface area contributed by atoms with Gasteiger partial charge in [0.1, 0.15) is 6.73 Å². The minimum absolute atomic E-state index is 0.0603. The second-order valence-corrected chi connectivity index (χ2v) is 11.0. The van der Waals surface area contributed by atoms with E-state index in [0.29, 0.717) is 6.61 Å². The molecule has 1 heterocycles. The van der Waals surface area contributed by atoms with Crippen molar-refractivity contribution in [3.63, 3.8) is 0 Å². The van der Waals surface area contributed by atoms with Gasteiger partial charge in [0, 0.05) is 26.9 Å². The van der Waals surface area contributed by atoms with Crippen molar-refractivity contribution >= 4 is 8.07 Å². The Bertz CT molecular complexity index is 409. The molecule has 4 nitrogen and oxygen atoms in total. The molecule has 0 amide bonds. The number of rotatable bonds is 6. The van der Waals surface area contributed by atoms with Gasteiger partial charge in [0.15, 0.2) is 0 Å². The molecule has 0 bridgehead atoms. The largest absolute Gasteiger partial charge is 0.392 e. The highest BCUT2D eigenvalue weighted by Gasteiger charge is 2.12. The zero-order valence-corrected chi connectivity index (χ0v) is 11.8. The molecule has 0 spiro atoms. The van der Waals surface area contributed by atoms with Crippen LogP contribution in [0.4, 0.5) is 0 Å². The van der Waals surface area contributed by atoms with E-state index < -0.39 is 8.07 Å². The van der Waals surface area contributed by atoms with Crippen molar-refractivity contribution < 1.29 is 9.84 Å². The first-order valence-electron chi connectivity index (χ1n) is 5.80. The van der Waals surface area contributed by atoms with Gasteiger partial charge in [-0.1, -0.05) is 19.6 Å². The molecule has 0 aliphatic rings. The van der Waals surface area contributed by atoms with E-state index in [-0.39, 0.29) is 18.9 Å². The van der Waals surface area contributed by atoms with Crippen LogP contribution in [0, 0.1) is 0 Å². The van der Waals surface area contributed by atoms with Crippen molar-refractivity contribution in [1.82, 2.24) is 4.57 Å². The summed E-state index contributed by atoms with van der Waals surface area (Å²) in [7, 11) is -1.08. The molecule has 0 aromatic carbocycles. The lowest BCUT2D eigenvalue weighted by atomic mass is 10.3. The van der Waals surface area contributed by atoms with Crippen LogP contribution in [-0.2, 0) is 18.1 Å². The van der Waals surface area contributed by atoms with Crippen molar-refractivity contribution in [3.8, 4) is 0 Å². The Morgan fingerprint density at radius 2 is 2.06 bits per heavy atom. The fourth-order valence-corrected chi connectivity index (χ4v) is 2.07. The van der Waals surface area contributed by atoms with E-state index in [4.69, 9.17) is 9.84 Å². The smallest absolute Gasteiger partial charge is 0.252 e. The van der Waals surface area contributed by atoms with E-state index in [1.54, 1.807) is 12.3 Å². The molecular weight excluding hydrogens is 234 g/mol. The summed E-state index contributed by atoms with van der Waals surface area (Å²) in [6.45, 7) is 7.75. The highest BCUT2D eigenvalue weighted by molar-refractivity contribution is 6.76. The molecule has 96 valence electrons. The Hall–Kier alpha value is -0.913. The molecule has 1 aromatic rings. The molecule has 0 unspecified atom stereocenters. The lowest BCUT2D eigenvalue weighted by Gasteiger charge is -2.15. The van der Waals surface area contributed by atoms with Crippen LogP contribution < -0.4 is 5.56 Å². The van der Waals surface area contributed by atoms with Crippen LogP contribution in [0.25, 0.3) is 0 Å². The average molecular weight is 255 g/mol. The molecule has 1 N–H and O–H groups in total. The van der Waals surface area contributed by atoms with Crippen molar-refractivity contribution in [2.75, 3.05) is 6.61 Å². The first-order valence-corrected chi connectivity index (χ1v) is 9.51. The van der Waals surface area contributed by atoms with E-state index in [0.717, 1.165) is 11.6 Å². The molecule has 0 saturated heterocycles. The molecular formula is C12H21NO3Si. The van der Waals surface area contributed by atoms with Gasteiger partial charge in [0.2, 0.25) is 0 Å². The second-order valence-electron chi connectivity index (χ2n) is 5.35. The van der Waals surface area contributed by atoms with Gasteiger partial charge in [-0.2, -0.15) is 0 Å². The normalized spacial score (nSPS) is 11.8. The van der Waals surface area contributed by atoms with Gasteiger partial charge in [-0.3, -0.25) is 9.36 Å². The van der Waals surface area contributed by atoms with Crippen molar-refractivity contribution in [3.05, 3.63) is 34.2 Å². The third-order valence-electron chi connectivity index (χ3n) is 2.45. The number of nitrogens with zero attached hydrogens (tertiary/aromatic N) is 1. The summed E-state index contributed by atoms with van der Waals surface area (Å²) in [5.41, 5.74) is 0.619. The number of hydrogen-bond acceptors (Lipinski definition) is 3. The summed E-state index contributed by atoms with van der Waals surface area (Å²) < 4.78 is 6.97. The molecule has 0 aliphatic carbocycles. The summed E-state index contributed by atoms with van der Waals surface area (Å²) in [6, 6.07) is 4.16. The van der Waals surface area contributed by atoms with Crippen molar-refractivity contribution in [2.45, 2.75) is 39.0 Å². The van der Waals surface area contributed by atoms with E-state index in [1.807, 2.05) is 0 Å². The summed E-state index contributed by atoms with van der Waals surface area (Å²) in [4.78, 5) is 11.5. The Morgan fingerprint density at radius 1 is 1.35 bits per heavy atom. The predicted octanol–water partition coefficient (Wildman–Crippen LogP) is 1.65. The number of pyridine rings is 1. The van der Waals surface area contributed by atoms with Crippen LogP contribution in [0.3, 0.4) is 0 Å². The second kappa shape index (κ2) is 6.14. The van der Waals surface area contributed by atoms with Gasteiger partial charge < -0.3 is 9.84 Å². The van der Waals surface area contributed by atoms with Crippen LogP contribution >= 0.6 is 0 Å². The number of aliphatic hydroxyl groups excluding tert-OH is 1. The van der Waals surface area contributed by atoms with Crippen LogP contribution in [0.15, 0.2) is 23.1 Å².